The Morgan fingerprint density at radius 2 is 2.33 bits per heavy atom. The highest BCUT2D eigenvalue weighted by molar-refractivity contribution is 5.94. The maximum Gasteiger partial charge on any atom is 0.322 e. The molecule has 3 rings (SSSR count). The summed E-state index contributed by atoms with van der Waals surface area (Å²) < 4.78 is 18.3. The third-order valence-corrected chi connectivity index (χ3v) is 3.57. The first kappa shape index (κ1) is 13.8. The van der Waals surface area contributed by atoms with Gasteiger partial charge in [0.15, 0.2) is 0 Å². The topological polar surface area (TPSA) is 70.7 Å². The zero-order chi connectivity index (χ0) is 15.0. The van der Waals surface area contributed by atoms with Crippen molar-refractivity contribution in [3.05, 3.63) is 29.6 Å². The highest BCUT2D eigenvalue weighted by atomic mass is 19.1. The van der Waals surface area contributed by atoms with Gasteiger partial charge in [-0.15, -0.1) is 0 Å². The van der Waals surface area contributed by atoms with Crippen molar-refractivity contribution < 1.29 is 21.6 Å². The summed E-state index contributed by atoms with van der Waals surface area (Å²) in [5.41, 5.74) is 0.880. The van der Waals surface area contributed by atoms with E-state index in [1.54, 1.807) is 0 Å². The second-order valence-corrected chi connectivity index (χ2v) is 5.69. The van der Waals surface area contributed by atoms with Crippen LogP contribution in [0.3, 0.4) is 0 Å². The molecule has 2 aliphatic rings. The number of anilines is 1. The van der Waals surface area contributed by atoms with Crippen molar-refractivity contribution in [2.75, 3.05) is 25.1 Å². The van der Waals surface area contributed by atoms with Crippen molar-refractivity contribution >= 4 is 17.6 Å². The number of hydrogen-bond donors (Lipinski definition) is 2. The van der Waals surface area contributed by atoms with Crippen molar-refractivity contribution in [2.24, 2.45) is 0 Å². The van der Waals surface area contributed by atoms with Crippen molar-refractivity contribution in [3.63, 3.8) is 0 Å². The fourth-order valence-electron chi connectivity index (χ4n) is 2.44. The molecule has 116 valence electrons. The molecule has 0 aliphatic carbocycles. The smallest absolute Gasteiger partial charge is 0.322 e. The molecule has 0 radical (unpaired) electrons. The van der Waals surface area contributed by atoms with E-state index in [0.29, 0.717) is 24.5 Å². The molecule has 1 fully saturated rings. The lowest BCUT2D eigenvalue weighted by molar-refractivity contribution is -0.131. The van der Waals surface area contributed by atoms with Gasteiger partial charge < -0.3 is 20.3 Å². The number of hydrogen-bond acceptors (Lipinski definition) is 3. The summed E-state index contributed by atoms with van der Waals surface area (Å²) in [5.74, 6) is -0.621. The second kappa shape index (κ2) is 5.00. The average molecular weight is 297 g/mol. The third-order valence-electron chi connectivity index (χ3n) is 3.57. The lowest BCUT2D eigenvalue weighted by atomic mass is 10.0. The molecule has 3 amide bonds. The monoisotopic (exact) mass is 297 g/mol. The summed E-state index contributed by atoms with van der Waals surface area (Å²) >= 11 is 0. The Morgan fingerprint density at radius 1 is 1.57 bits per heavy atom. The van der Waals surface area contributed by atoms with E-state index in [1.165, 1.54) is 23.1 Å². The van der Waals surface area contributed by atoms with Crippen LogP contribution >= 0.6 is 0 Å². The number of nitrogens with one attached hydrogen (secondary N) is 2. The number of halogens is 1. The molecule has 0 aromatic heterocycles. The molecular formula is C14H20FN3O3. The lowest BCUT2D eigenvalue weighted by Gasteiger charge is -2.39. The van der Waals surface area contributed by atoms with Crippen molar-refractivity contribution in [2.45, 2.75) is 19.0 Å². The molecule has 1 saturated heterocycles. The number of nitrogens with zero attached hydrogens (tertiary/aromatic N) is 1. The fourth-order valence-corrected chi connectivity index (χ4v) is 2.44. The Morgan fingerprint density at radius 3 is 3.00 bits per heavy atom. The molecule has 1 aromatic carbocycles. The third kappa shape index (κ3) is 2.82. The minimum absolute atomic E-state index is 0. The quantitative estimate of drug-likeness (QED) is 0.889. The number of rotatable bonds is 3. The lowest BCUT2D eigenvalue weighted by Crippen LogP contribution is -2.61. The predicted molar refractivity (Wildman–Crippen MR) is 77.4 cm³/mol. The van der Waals surface area contributed by atoms with Crippen molar-refractivity contribution in [3.8, 4) is 0 Å². The zero-order valence-electron chi connectivity index (χ0n) is 11.6. The predicted octanol–water partition coefficient (Wildman–Crippen LogP) is 1.57. The van der Waals surface area contributed by atoms with Crippen LogP contribution in [0.1, 0.15) is 15.3 Å². The Balaban J connectivity index is 0.00000132. The molecule has 0 unspecified atom stereocenters. The SMILES string of the molecule is CC1(NC(=O)CN2Cc3cc(F)ccc3NC2=O)COC1.[HH].[HH]. The van der Waals surface area contributed by atoms with Gasteiger partial charge in [0, 0.05) is 8.54 Å². The van der Waals surface area contributed by atoms with Crippen LogP contribution in [0, 0.1) is 5.82 Å². The van der Waals surface area contributed by atoms with E-state index < -0.39 is 0 Å². The van der Waals surface area contributed by atoms with E-state index in [4.69, 9.17) is 4.74 Å². The van der Waals surface area contributed by atoms with Crippen LogP contribution in [0.5, 0.6) is 0 Å². The van der Waals surface area contributed by atoms with Gasteiger partial charge in [0.25, 0.3) is 0 Å². The fraction of sp³-hybridized carbons (Fsp3) is 0.429. The maximum atomic E-state index is 13.2. The summed E-state index contributed by atoms with van der Waals surface area (Å²) in [7, 11) is 0. The molecule has 21 heavy (non-hydrogen) atoms. The Bertz CT molecular complexity index is 611. The number of benzene rings is 1. The van der Waals surface area contributed by atoms with Crippen LogP contribution in [0.15, 0.2) is 18.2 Å². The molecule has 0 bridgehead atoms. The highest BCUT2D eigenvalue weighted by Crippen LogP contribution is 2.24. The first-order valence-electron chi connectivity index (χ1n) is 6.68. The molecule has 2 N–H and O–H groups in total. The summed E-state index contributed by atoms with van der Waals surface area (Å²) in [4.78, 5) is 25.3. The highest BCUT2D eigenvalue weighted by Gasteiger charge is 2.35. The van der Waals surface area contributed by atoms with Crippen LogP contribution in [0.25, 0.3) is 0 Å². The molecule has 0 saturated carbocycles. The second-order valence-electron chi connectivity index (χ2n) is 5.69. The molecule has 0 atom stereocenters. The van der Waals surface area contributed by atoms with Gasteiger partial charge >= 0.3 is 6.03 Å². The Kier molecular flexibility index (Phi) is 3.29. The van der Waals surface area contributed by atoms with Gasteiger partial charge in [-0.1, -0.05) is 0 Å². The van der Waals surface area contributed by atoms with Crippen LogP contribution in [-0.2, 0) is 16.1 Å². The van der Waals surface area contributed by atoms with E-state index >= 15 is 0 Å². The first-order chi connectivity index (χ1) is 9.95. The van der Waals surface area contributed by atoms with Crippen LogP contribution in [0.2, 0.25) is 0 Å². The van der Waals surface area contributed by atoms with Crippen molar-refractivity contribution in [1.29, 1.82) is 0 Å². The normalized spacial score (nSPS) is 19.3. The van der Waals surface area contributed by atoms with E-state index in [2.05, 4.69) is 10.6 Å². The molecule has 1 aromatic rings. The standard InChI is InChI=1S/C14H16FN3O3.2H2/c1-14(7-21-8-14)17-12(19)6-18-5-9-4-10(15)2-3-11(9)16-13(18)20;;/h2-4H,5-8H2,1H3,(H,16,20)(H,17,19);2*1H. The maximum absolute atomic E-state index is 13.2. The van der Waals surface area contributed by atoms with Gasteiger partial charge in [0.05, 0.1) is 25.3 Å². The number of amides is 3. The van der Waals surface area contributed by atoms with Gasteiger partial charge in [0.2, 0.25) is 5.91 Å². The molecule has 2 aliphatic heterocycles. The van der Waals surface area contributed by atoms with Crippen LogP contribution in [-0.4, -0.2) is 42.1 Å². The van der Waals surface area contributed by atoms with E-state index in [-0.39, 0.29) is 39.2 Å². The van der Waals surface area contributed by atoms with Gasteiger partial charge in [-0.05, 0) is 30.7 Å². The summed E-state index contributed by atoms with van der Waals surface area (Å²) in [6.45, 7) is 2.96. The number of carbonyl (C=O) groups excluding carboxylic acids is 2. The van der Waals surface area contributed by atoms with E-state index in [0.717, 1.165) is 0 Å². The number of carbonyl (C=O) groups is 2. The van der Waals surface area contributed by atoms with E-state index in [9.17, 15) is 14.0 Å². The Labute approximate surface area is 124 Å². The minimum Gasteiger partial charge on any atom is -0.376 e. The molecule has 0 spiro atoms. The minimum atomic E-state index is -0.367. The summed E-state index contributed by atoms with van der Waals surface area (Å²) in [6.07, 6.45) is 0. The first-order valence-corrected chi connectivity index (χ1v) is 6.68. The molecule has 7 heteroatoms. The van der Waals surface area contributed by atoms with E-state index in [1.807, 2.05) is 6.92 Å². The van der Waals surface area contributed by atoms with Gasteiger partial charge in [-0.25, -0.2) is 9.18 Å². The zero-order valence-corrected chi connectivity index (χ0v) is 11.6. The van der Waals surface area contributed by atoms with Gasteiger partial charge in [0.1, 0.15) is 12.4 Å². The largest absolute Gasteiger partial charge is 0.376 e. The molecular weight excluding hydrogens is 277 g/mol. The summed E-state index contributed by atoms with van der Waals surface area (Å²) in [5, 5.41) is 5.49. The van der Waals surface area contributed by atoms with Crippen LogP contribution < -0.4 is 10.6 Å². The molecule has 2 heterocycles. The number of urea groups is 1. The van der Waals surface area contributed by atoms with Gasteiger partial charge in [-0.2, -0.15) is 0 Å². The number of ether oxygens (including phenoxy) is 1. The van der Waals surface area contributed by atoms with Gasteiger partial charge in [-0.3, -0.25) is 4.79 Å². The average Bonchev–Trinajstić information content (AvgIpc) is 2.38. The van der Waals surface area contributed by atoms with Crippen LogP contribution in [0.4, 0.5) is 14.9 Å². The summed E-state index contributed by atoms with van der Waals surface area (Å²) in [6, 6.07) is 3.81. The Hall–Kier alpha value is -2.15. The van der Waals surface area contributed by atoms with Crippen molar-refractivity contribution in [1.82, 2.24) is 10.2 Å². The molecule has 6 nitrogen and oxygen atoms in total. The number of fused-ring (bicyclic) bond motifs is 1.